The summed E-state index contributed by atoms with van der Waals surface area (Å²) >= 11 is 3.19. The molecule has 0 aliphatic carbocycles. The molecule has 0 radical (unpaired) electrons. The number of thioether (sulfide) groups is 1. The quantitative estimate of drug-likeness (QED) is 0.619. The van der Waals surface area contributed by atoms with Crippen LogP contribution in [0.5, 0.6) is 0 Å². The third kappa shape index (κ3) is 0.971. The van der Waals surface area contributed by atoms with Crippen LogP contribution in [0.4, 0.5) is 0 Å². The van der Waals surface area contributed by atoms with Crippen LogP contribution in [-0.4, -0.2) is 15.3 Å². The smallest absolute Gasteiger partial charge is 0.262 e. The molecule has 0 fully saturated rings. The number of hydrogen-bond acceptors (Lipinski definition) is 4. The molecule has 3 rings (SSSR count). The second-order valence-corrected chi connectivity index (χ2v) is 4.68. The monoisotopic (exact) mass is 210 g/mol. The molecule has 0 amide bonds. The first-order chi connectivity index (χ1) is 6.36. The Morgan fingerprint density at radius 3 is 3.31 bits per heavy atom. The zero-order chi connectivity index (χ0) is 8.84. The van der Waals surface area contributed by atoms with Gasteiger partial charge in [0.2, 0.25) is 0 Å². The molecular formula is C8H6N2OS2. The molecule has 0 unspecified atom stereocenters. The highest BCUT2D eigenvalue weighted by Crippen LogP contribution is 2.24. The Morgan fingerprint density at radius 1 is 1.46 bits per heavy atom. The van der Waals surface area contributed by atoms with Gasteiger partial charge in [-0.25, -0.2) is 4.98 Å². The Bertz CT molecular complexity index is 528. The van der Waals surface area contributed by atoms with Crippen molar-refractivity contribution < 1.29 is 0 Å². The van der Waals surface area contributed by atoms with Crippen LogP contribution in [0, 0.1) is 0 Å². The fourth-order valence-electron chi connectivity index (χ4n) is 1.47. The van der Waals surface area contributed by atoms with E-state index in [2.05, 4.69) is 4.98 Å². The van der Waals surface area contributed by atoms with E-state index in [0.29, 0.717) is 0 Å². The van der Waals surface area contributed by atoms with Crippen LogP contribution in [0.2, 0.25) is 0 Å². The first-order valence-electron chi connectivity index (χ1n) is 3.96. The van der Waals surface area contributed by atoms with E-state index in [1.807, 2.05) is 10.8 Å². The van der Waals surface area contributed by atoms with Gasteiger partial charge in [-0.05, 0) is 0 Å². The van der Waals surface area contributed by atoms with Crippen molar-refractivity contribution in [2.75, 3.05) is 5.75 Å². The van der Waals surface area contributed by atoms with E-state index in [1.54, 1.807) is 16.3 Å². The minimum absolute atomic E-state index is 0.117. The lowest BCUT2D eigenvalue weighted by Crippen LogP contribution is -2.19. The third-order valence-corrected chi connectivity index (χ3v) is 3.80. The molecule has 3 nitrogen and oxygen atoms in total. The van der Waals surface area contributed by atoms with Crippen molar-refractivity contribution in [3.8, 4) is 0 Å². The number of hydrogen-bond donors (Lipinski definition) is 0. The molecule has 5 heteroatoms. The van der Waals surface area contributed by atoms with Crippen molar-refractivity contribution in [3.63, 3.8) is 0 Å². The Kier molecular flexibility index (Phi) is 1.51. The maximum Gasteiger partial charge on any atom is 0.262 e. The van der Waals surface area contributed by atoms with Crippen LogP contribution >= 0.6 is 23.1 Å². The molecular weight excluding hydrogens is 204 g/mol. The van der Waals surface area contributed by atoms with Crippen LogP contribution in [-0.2, 0) is 6.54 Å². The third-order valence-electron chi connectivity index (χ3n) is 2.11. The van der Waals surface area contributed by atoms with Crippen LogP contribution in [0.15, 0.2) is 20.7 Å². The van der Waals surface area contributed by atoms with E-state index in [9.17, 15) is 4.79 Å². The normalized spacial score (nSPS) is 15.1. The van der Waals surface area contributed by atoms with Gasteiger partial charge in [-0.2, -0.15) is 0 Å². The molecule has 2 aromatic rings. The number of rotatable bonds is 0. The maximum atomic E-state index is 11.8. The summed E-state index contributed by atoms with van der Waals surface area (Å²) < 4.78 is 1.76. The van der Waals surface area contributed by atoms with Gasteiger partial charge < -0.3 is 0 Å². The number of aromatic nitrogens is 2. The molecule has 0 N–H and O–H groups in total. The lowest BCUT2D eigenvalue weighted by atomic mass is 10.4. The van der Waals surface area contributed by atoms with Gasteiger partial charge in [0, 0.05) is 23.1 Å². The number of thiophene rings is 1. The van der Waals surface area contributed by atoms with Gasteiger partial charge in [0.1, 0.15) is 0 Å². The molecule has 0 saturated heterocycles. The topological polar surface area (TPSA) is 34.9 Å². The van der Waals surface area contributed by atoms with Crippen molar-refractivity contribution in [2.45, 2.75) is 11.7 Å². The fourth-order valence-corrected chi connectivity index (χ4v) is 3.15. The van der Waals surface area contributed by atoms with Gasteiger partial charge in [0.15, 0.2) is 5.16 Å². The summed E-state index contributed by atoms with van der Waals surface area (Å²) in [5.41, 5.74) is 0.960. The number of nitrogens with zero attached hydrogens (tertiary/aromatic N) is 2. The number of fused-ring (bicyclic) bond motifs is 2. The van der Waals surface area contributed by atoms with Gasteiger partial charge in [-0.3, -0.25) is 9.36 Å². The molecule has 1 aliphatic heterocycles. The molecule has 1 aliphatic rings. The highest BCUT2D eigenvalue weighted by atomic mass is 32.2. The largest absolute Gasteiger partial charge is 0.286 e. The van der Waals surface area contributed by atoms with E-state index in [-0.39, 0.29) is 5.56 Å². The first kappa shape index (κ1) is 7.58. The molecule has 66 valence electrons. The molecule has 3 heterocycles. The highest BCUT2D eigenvalue weighted by molar-refractivity contribution is 7.99. The minimum Gasteiger partial charge on any atom is -0.286 e. The van der Waals surface area contributed by atoms with Crippen molar-refractivity contribution in [1.29, 1.82) is 0 Å². The van der Waals surface area contributed by atoms with E-state index in [1.165, 1.54) is 11.3 Å². The van der Waals surface area contributed by atoms with Crippen LogP contribution in [0.25, 0.3) is 10.9 Å². The lowest BCUT2D eigenvalue weighted by Gasteiger charge is -1.99. The van der Waals surface area contributed by atoms with Gasteiger partial charge in [-0.1, -0.05) is 11.8 Å². The Balaban J connectivity index is 2.53. The molecule has 2 aromatic heterocycles. The molecule has 0 saturated carbocycles. The zero-order valence-electron chi connectivity index (χ0n) is 6.69. The van der Waals surface area contributed by atoms with Crippen LogP contribution in [0.1, 0.15) is 0 Å². The summed E-state index contributed by atoms with van der Waals surface area (Å²) in [7, 11) is 0. The second-order valence-electron chi connectivity index (χ2n) is 2.87. The van der Waals surface area contributed by atoms with Crippen LogP contribution in [0.3, 0.4) is 0 Å². The summed E-state index contributed by atoms with van der Waals surface area (Å²) in [5.74, 6) is 0.971. The minimum atomic E-state index is 0.117. The SMILES string of the molecule is O=c1c2cscc2nc2n1CCS2. The van der Waals surface area contributed by atoms with Gasteiger partial charge in [0.05, 0.1) is 10.9 Å². The predicted molar refractivity (Wildman–Crippen MR) is 54.6 cm³/mol. The molecule has 0 spiro atoms. The average molecular weight is 210 g/mol. The van der Waals surface area contributed by atoms with Gasteiger partial charge in [0.25, 0.3) is 5.56 Å². The van der Waals surface area contributed by atoms with E-state index < -0.39 is 0 Å². The summed E-state index contributed by atoms with van der Waals surface area (Å²) in [6, 6.07) is 0. The molecule has 0 bridgehead atoms. The van der Waals surface area contributed by atoms with Crippen molar-refractivity contribution >= 4 is 34.0 Å². The van der Waals surface area contributed by atoms with Gasteiger partial charge >= 0.3 is 0 Å². The first-order valence-corrected chi connectivity index (χ1v) is 5.88. The summed E-state index contributed by atoms with van der Waals surface area (Å²) in [4.78, 5) is 16.2. The standard InChI is InChI=1S/C8H6N2OS2/c11-7-5-3-12-4-6(5)9-8-10(7)1-2-13-8/h3-4H,1-2H2. The Morgan fingerprint density at radius 2 is 2.38 bits per heavy atom. The van der Waals surface area contributed by atoms with E-state index >= 15 is 0 Å². The summed E-state index contributed by atoms with van der Waals surface area (Å²) in [6.07, 6.45) is 0. The fraction of sp³-hybridized carbons (Fsp3) is 0.250. The molecule has 13 heavy (non-hydrogen) atoms. The van der Waals surface area contributed by atoms with Crippen LogP contribution < -0.4 is 5.56 Å². The van der Waals surface area contributed by atoms with Crippen molar-refractivity contribution in [2.24, 2.45) is 0 Å². The maximum absolute atomic E-state index is 11.8. The second kappa shape index (κ2) is 2.59. The van der Waals surface area contributed by atoms with Crippen molar-refractivity contribution in [3.05, 3.63) is 21.1 Å². The highest BCUT2D eigenvalue weighted by Gasteiger charge is 2.16. The summed E-state index contributed by atoms with van der Waals surface area (Å²) in [6.45, 7) is 0.803. The predicted octanol–water partition coefficient (Wildman–Crippen LogP) is 1.56. The summed E-state index contributed by atoms with van der Waals surface area (Å²) in [5, 5.41) is 5.43. The zero-order valence-corrected chi connectivity index (χ0v) is 8.32. The molecule has 0 atom stereocenters. The van der Waals surface area contributed by atoms with Crippen molar-refractivity contribution in [1.82, 2.24) is 9.55 Å². The Hall–Kier alpha value is -0.810. The van der Waals surface area contributed by atoms with Gasteiger partial charge in [-0.15, -0.1) is 11.3 Å². The molecule has 0 aromatic carbocycles. The Labute approximate surface area is 82.4 Å². The van der Waals surface area contributed by atoms with E-state index in [0.717, 1.165) is 28.4 Å². The average Bonchev–Trinajstić information content (AvgIpc) is 2.71. The lowest BCUT2D eigenvalue weighted by molar-refractivity contribution is 0.669. The van der Waals surface area contributed by atoms with E-state index in [4.69, 9.17) is 0 Å².